The molecule has 2 rings (SSSR count). The van der Waals surface area contributed by atoms with Crippen molar-refractivity contribution in [1.82, 2.24) is 15.5 Å². The number of carbonyl (C=O) groups excluding carboxylic acids is 2. The molecule has 0 unspecified atom stereocenters. The van der Waals surface area contributed by atoms with Crippen molar-refractivity contribution in [2.45, 2.75) is 13.2 Å². The third-order valence-electron chi connectivity index (χ3n) is 4.01. The minimum absolute atomic E-state index is 0.121. The predicted octanol–water partition coefficient (Wildman–Crippen LogP) is 2.45. The Kier molecular flexibility index (Phi) is 8.45. The summed E-state index contributed by atoms with van der Waals surface area (Å²) < 4.78 is 5.06. The minimum Gasteiger partial charge on any atom is -0.380 e. The first kappa shape index (κ1) is 21.4. The van der Waals surface area contributed by atoms with Gasteiger partial charge in [-0.3, -0.25) is 4.79 Å². The van der Waals surface area contributed by atoms with Gasteiger partial charge in [0.15, 0.2) is 0 Å². The van der Waals surface area contributed by atoms with Gasteiger partial charge in [-0.25, -0.2) is 4.79 Å². The van der Waals surface area contributed by atoms with E-state index in [2.05, 4.69) is 16.0 Å². The van der Waals surface area contributed by atoms with Crippen molar-refractivity contribution >= 4 is 17.6 Å². The highest BCUT2D eigenvalue weighted by atomic mass is 16.5. The Balaban J connectivity index is 1.83. The summed E-state index contributed by atoms with van der Waals surface area (Å²) in [5.41, 5.74) is 3.17. The fraction of sp³-hybridized carbons (Fsp3) is 0.333. The number of anilines is 1. The normalized spacial score (nSPS) is 10.6. The highest BCUT2D eigenvalue weighted by Crippen LogP contribution is 2.10. The van der Waals surface area contributed by atoms with Gasteiger partial charge in [0.05, 0.1) is 6.61 Å². The Morgan fingerprint density at radius 2 is 1.75 bits per heavy atom. The molecule has 7 heteroatoms. The largest absolute Gasteiger partial charge is 0.380 e. The minimum atomic E-state index is -0.305. The Hall–Kier alpha value is -2.90. The van der Waals surface area contributed by atoms with E-state index in [1.54, 1.807) is 19.2 Å². The van der Waals surface area contributed by atoms with E-state index in [4.69, 9.17) is 4.74 Å². The number of hydrogen-bond donors (Lipinski definition) is 3. The molecule has 0 heterocycles. The Morgan fingerprint density at radius 1 is 1.00 bits per heavy atom. The molecule has 0 spiro atoms. The standard InChI is InChI=1S/C21H28N4O3/c1-25(2)12-11-22-20(26)18-6-4-5-17(13-18)14-23-21(27)24-19-9-7-16(8-10-19)15-28-3/h4-10,13H,11-12,14-15H2,1-3H3,(H,22,26)(H2,23,24,27). The molecule has 0 bridgehead atoms. The molecule has 28 heavy (non-hydrogen) atoms. The fourth-order valence-corrected chi connectivity index (χ4v) is 2.53. The van der Waals surface area contributed by atoms with Gasteiger partial charge in [0.1, 0.15) is 0 Å². The van der Waals surface area contributed by atoms with Crippen LogP contribution in [0.1, 0.15) is 21.5 Å². The van der Waals surface area contributed by atoms with E-state index < -0.39 is 0 Å². The summed E-state index contributed by atoms with van der Waals surface area (Å²) in [6.07, 6.45) is 0. The highest BCUT2D eigenvalue weighted by molar-refractivity contribution is 5.94. The summed E-state index contributed by atoms with van der Waals surface area (Å²) in [6, 6.07) is 14.4. The lowest BCUT2D eigenvalue weighted by Gasteiger charge is -2.11. The van der Waals surface area contributed by atoms with E-state index in [1.165, 1.54) is 0 Å². The summed E-state index contributed by atoms with van der Waals surface area (Å²) >= 11 is 0. The number of carbonyl (C=O) groups is 2. The zero-order chi connectivity index (χ0) is 20.4. The van der Waals surface area contributed by atoms with Crippen molar-refractivity contribution in [2.24, 2.45) is 0 Å². The number of nitrogens with one attached hydrogen (secondary N) is 3. The summed E-state index contributed by atoms with van der Waals surface area (Å²) in [5, 5.41) is 8.46. The van der Waals surface area contributed by atoms with Crippen LogP contribution >= 0.6 is 0 Å². The molecule has 0 atom stereocenters. The summed E-state index contributed by atoms with van der Waals surface area (Å²) in [4.78, 5) is 26.3. The smallest absolute Gasteiger partial charge is 0.319 e. The topological polar surface area (TPSA) is 82.7 Å². The van der Waals surface area contributed by atoms with Crippen molar-refractivity contribution in [3.8, 4) is 0 Å². The number of ether oxygens (including phenoxy) is 1. The molecule has 3 N–H and O–H groups in total. The monoisotopic (exact) mass is 384 g/mol. The first-order valence-corrected chi connectivity index (χ1v) is 9.12. The summed E-state index contributed by atoms with van der Waals surface area (Å²) in [6.45, 7) is 2.22. The van der Waals surface area contributed by atoms with E-state index in [-0.39, 0.29) is 11.9 Å². The van der Waals surface area contributed by atoms with E-state index in [0.29, 0.717) is 30.9 Å². The number of hydrogen-bond acceptors (Lipinski definition) is 4. The maximum Gasteiger partial charge on any atom is 0.319 e. The van der Waals surface area contributed by atoms with Crippen LogP contribution in [0, 0.1) is 0 Å². The number of amides is 3. The van der Waals surface area contributed by atoms with Crippen LogP contribution < -0.4 is 16.0 Å². The van der Waals surface area contributed by atoms with Crippen LogP contribution in [0.15, 0.2) is 48.5 Å². The van der Waals surface area contributed by atoms with Gasteiger partial charge in [-0.1, -0.05) is 24.3 Å². The lowest BCUT2D eigenvalue weighted by atomic mass is 10.1. The fourth-order valence-electron chi connectivity index (χ4n) is 2.53. The van der Waals surface area contributed by atoms with Gasteiger partial charge < -0.3 is 25.6 Å². The van der Waals surface area contributed by atoms with Crippen LogP contribution in [0.25, 0.3) is 0 Å². The molecule has 0 aliphatic heterocycles. The molecule has 0 fully saturated rings. The predicted molar refractivity (Wildman–Crippen MR) is 110 cm³/mol. The van der Waals surface area contributed by atoms with Gasteiger partial charge in [-0.05, 0) is 49.5 Å². The van der Waals surface area contributed by atoms with E-state index in [0.717, 1.165) is 17.7 Å². The van der Waals surface area contributed by atoms with Crippen LogP contribution in [-0.4, -0.2) is 51.1 Å². The Labute approximate surface area is 166 Å². The maximum absolute atomic E-state index is 12.2. The molecule has 2 aromatic rings. The zero-order valence-electron chi connectivity index (χ0n) is 16.6. The maximum atomic E-state index is 12.2. The van der Waals surface area contributed by atoms with E-state index in [1.807, 2.05) is 55.4 Å². The first-order valence-electron chi connectivity index (χ1n) is 9.12. The molecule has 0 saturated heterocycles. The molecule has 0 aromatic heterocycles. The Bertz CT molecular complexity index is 775. The molecular weight excluding hydrogens is 356 g/mol. The van der Waals surface area contributed by atoms with Crippen molar-refractivity contribution in [3.63, 3.8) is 0 Å². The lowest BCUT2D eigenvalue weighted by Crippen LogP contribution is -2.31. The molecule has 0 aliphatic rings. The van der Waals surface area contributed by atoms with Crippen LogP contribution in [0.2, 0.25) is 0 Å². The molecular formula is C21H28N4O3. The number of nitrogens with zero attached hydrogens (tertiary/aromatic N) is 1. The number of methoxy groups -OCH3 is 1. The molecule has 3 amide bonds. The third-order valence-corrected chi connectivity index (χ3v) is 4.01. The van der Waals surface area contributed by atoms with Crippen LogP contribution in [0.5, 0.6) is 0 Å². The number of rotatable bonds is 9. The average Bonchev–Trinajstić information content (AvgIpc) is 2.68. The zero-order valence-corrected chi connectivity index (χ0v) is 16.6. The molecule has 0 saturated carbocycles. The second kappa shape index (κ2) is 11.1. The lowest BCUT2D eigenvalue weighted by molar-refractivity contribution is 0.0951. The highest BCUT2D eigenvalue weighted by Gasteiger charge is 2.07. The quantitative estimate of drug-likeness (QED) is 0.620. The second-order valence-corrected chi connectivity index (χ2v) is 6.70. The number of likely N-dealkylation sites (N-methyl/N-ethyl adjacent to an activating group) is 1. The number of urea groups is 1. The van der Waals surface area contributed by atoms with Gasteiger partial charge in [0, 0.05) is 38.0 Å². The van der Waals surface area contributed by atoms with Crippen molar-refractivity contribution in [2.75, 3.05) is 39.6 Å². The first-order chi connectivity index (χ1) is 13.5. The molecule has 7 nitrogen and oxygen atoms in total. The van der Waals surface area contributed by atoms with Gasteiger partial charge in [0.25, 0.3) is 5.91 Å². The van der Waals surface area contributed by atoms with Crippen molar-refractivity contribution < 1.29 is 14.3 Å². The van der Waals surface area contributed by atoms with Gasteiger partial charge >= 0.3 is 6.03 Å². The van der Waals surface area contributed by atoms with E-state index in [9.17, 15) is 9.59 Å². The number of benzene rings is 2. The van der Waals surface area contributed by atoms with Crippen LogP contribution in [0.3, 0.4) is 0 Å². The van der Waals surface area contributed by atoms with E-state index >= 15 is 0 Å². The van der Waals surface area contributed by atoms with Crippen LogP contribution in [0.4, 0.5) is 10.5 Å². The molecule has 150 valence electrons. The molecule has 0 radical (unpaired) electrons. The van der Waals surface area contributed by atoms with Crippen LogP contribution in [-0.2, 0) is 17.9 Å². The summed E-state index contributed by atoms with van der Waals surface area (Å²) in [7, 11) is 5.55. The van der Waals surface area contributed by atoms with Crippen molar-refractivity contribution in [3.05, 3.63) is 65.2 Å². The average molecular weight is 384 g/mol. The van der Waals surface area contributed by atoms with Crippen molar-refractivity contribution in [1.29, 1.82) is 0 Å². The summed E-state index contributed by atoms with van der Waals surface area (Å²) in [5.74, 6) is -0.121. The second-order valence-electron chi connectivity index (χ2n) is 6.70. The molecule has 0 aliphatic carbocycles. The third kappa shape index (κ3) is 7.38. The molecule has 2 aromatic carbocycles. The SMILES string of the molecule is COCc1ccc(NC(=O)NCc2cccc(C(=O)NCCN(C)C)c2)cc1. The van der Waals surface area contributed by atoms with Gasteiger partial charge in [-0.2, -0.15) is 0 Å². The van der Waals surface area contributed by atoms with Gasteiger partial charge in [-0.15, -0.1) is 0 Å². The Morgan fingerprint density at radius 3 is 2.43 bits per heavy atom. The van der Waals surface area contributed by atoms with Gasteiger partial charge in [0.2, 0.25) is 0 Å².